The first kappa shape index (κ1) is 18.6. The minimum absolute atomic E-state index is 0.335. The number of rotatable bonds is 8. The van der Waals surface area contributed by atoms with Crippen LogP contribution in [0, 0.1) is 19.7 Å². The highest BCUT2D eigenvalue weighted by Crippen LogP contribution is 2.18. The van der Waals surface area contributed by atoms with Crippen LogP contribution in [0.4, 0.5) is 22.1 Å². The van der Waals surface area contributed by atoms with E-state index in [1.54, 1.807) is 13.0 Å². The van der Waals surface area contributed by atoms with Crippen molar-refractivity contribution in [2.45, 2.75) is 26.8 Å². The van der Waals surface area contributed by atoms with E-state index in [1.807, 2.05) is 19.9 Å². The number of hydrogen-bond donors (Lipinski definition) is 3. The molecule has 0 saturated carbocycles. The van der Waals surface area contributed by atoms with E-state index in [2.05, 4.69) is 40.8 Å². The van der Waals surface area contributed by atoms with Gasteiger partial charge < -0.3 is 15.4 Å². The summed E-state index contributed by atoms with van der Waals surface area (Å²) in [6, 6.07) is 4.46. The standard InChI is InChI=1S/C17H21FN8O/c1-4-27-9-14(13-6-5-12(18)8-19-13)22-16-20-11(3)21-17(24-16)23-15-7-10(2)25-26-15/h5-8,14H,4,9H2,1-3H3,(H3,20,21,22,23,24,25,26). The van der Waals surface area contributed by atoms with Crippen molar-refractivity contribution in [3.8, 4) is 0 Å². The van der Waals surface area contributed by atoms with Crippen molar-refractivity contribution in [1.29, 1.82) is 0 Å². The third-order valence-electron chi connectivity index (χ3n) is 3.59. The zero-order valence-electron chi connectivity index (χ0n) is 15.3. The minimum atomic E-state index is -0.398. The van der Waals surface area contributed by atoms with Crippen molar-refractivity contribution in [2.75, 3.05) is 23.8 Å². The summed E-state index contributed by atoms with van der Waals surface area (Å²) in [5.74, 6) is 1.46. The predicted octanol–water partition coefficient (Wildman–Crippen LogP) is 2.68. The molecule has 10 heteroatoms. The second-order valence-corrected chi connectivity index (χ2v) is 5.85. The van der Waals surface area contributed by atoms with Gasteiger partial charge in [-0.2, -0.15) is 20.1 Å². The fourth-order valence-electron chi connectivity index (χ4n) is 2.38. The highest BCUT2D eigenvalue weighted by atomic mass is 19.1. The Bertz CT molecular complexity index is 883. The Morgan fingerprint density at radius 1 is 1.19 bits per heavy atom. The van der Waals surface area contributed by atoms with Crippen molar-refractivity contribution in [3.63, 3.8) is 0 Å². The molecule has 0 radical (unpaired) electrons. The zero-order valence-corrected chi connectivity index (χ0v) is 15.3. The number of pyridine rings is 1. The number of halogens is 1. The largest absolute Gasteiger partial charge is 0.379 e. The SMILES string of the molecule is CCOCC(Nc1nc(C)nc(Nc2cc(C)[nH]n2)n1)c1ccc(F)cn1. The molecule has 0 saturated heterocycles. The van der Waals surface area contributed by atoms with Gasteiger partial charge in [0.15, 0.2) is 5.82 Å². The van der Waals surface area contributed by atoms with Crippen LogP contribution in [-0.2, 0) is 4.74 Å². The number of nitrogens with one attached hydrogen (secondary N) is 3. The zero-order chi connectivity index (χ0) is 19.2. The van der Waals surface area contributed by atoms with Gasteiger partial charge in [0.1, 0.15) is 11.6 Å². The van der Waals surface area contributed by atoms with Crippen LogP contribution in [0.5, 0.6) is 0 Å². The molecule has 27 heavy (non-hydrogen) atoms. The molecule has 1 unspecified atom stereocenters. The molecule has 9 nitrogen and oxygen atoms in total. The van der Waals surface area contributed by atoms with Crippen LogP contribution < -0.4 is 10.6 Å². The number of hydrogen-bond acceptors (Lipinski definition) is 8. The quantitative estimate of drug-likeness (QED) is 0.553. The molecule has 0 amide bonds. The fraction of sp³-hybridized carbons (Fsp3) is 0.353. The third-order valence-corrected chi connectivity index (χ3v) is 3.59. The number of H-pyrrole nitrogens is 1. The minimum Gasteiger partial charge on any atom is -0.379 e. The first-order valence-corrected chi connectivity index (χ1v) is 8.51. The Balaban J connectivity index is 1.81. The summed E-state index contributed by atoms with van der Waals surface area (Å²) in [5.41, 5.74) is 1.54. The van der Waals surface area contributed by atoms with Gasteiger partial charge in [0.2, 0.25) is 11.9 Å². The normalized spacial score (nSPS) is 12.0. The van der Waals surface area contributed by atoms with Crippen molar-refractivity contribution < 1.29 is 9.13 Å². The van der Waals surface area contributed by atoms with E-state index in [0.717, 1.165) is 5.69 Å². The summed E-state index contributed by atoms with van der Waals surface area (Å²) in [6.07, 6.45) is 1.17. The predicted molar refractivity (Wildman–Crippen MR) is 98.2 cm³/mol. The van der Waals surface area contributed by atoms with Gasteiger partial charge in [-0.25, -0.2) is 4.39 Å². The number of aromatic nitrogens is 6. The molecule has 0 aliphatic carbocycles. The van der Waals surface area contributed by atoms with E-state index >= 15 is 0 Å². The van der Waals surface area contributed by atoms with E-state index in [0.29, 0.717) is 42.4 Å². The van der Waals surface area contributed by atoms with E-state index in [-0.39, 0.29) is 6.04 Å². The van der Waals surface area contributed by atoms with E-state index in [4.69, 9.17) is 4.74 Å². The number of ether oxygens (including phenoxy) is 1. The summed E-state index contributed by atoms with van der Waals surface area (Å²) in [5, 5.41) is 13.2. The van der Waals surface area contributed by atoms with Crippen molar-refractivity contribution in [2.24, 2.45) is 0 Å². The molecule has 3 heterocycles. The molecule has 0 bridgehead atoms. The van der Waals surface area contributed by atoms with Gasteiger partial charge in [-0.3, -0.25) is 10.1 Å². The van der Waals surface area contributed by atoms with Crippen LogP contribution in [0.1, 0.15) is 30.2 Å². The molecule has 142 valence electrons. The van der Waals surface area contributed by atoms with Gasteiger partial charge in [0, 0.05) is 18.4 Å². The molecule has 0 fully saturated rings. The number of aryl methyl sites for hydroxylation is 2. The average Bonchev–Trinajstić information content (AvgIpc) is 3.03. The maximum Gasteiger partial charge on any atom is 0.233 e. The molecular formula is C17H21FN8O. The van der Waals surface area contributed by atoms with Crippen LogP contribution >= 0.6 is 0 Å². The Labute approximate surface area is 155 Å². The molecule has 0 aliphatic heterocycles. The first-order valence-electron chi connectivity index (χ1n) is 8.51. The van der Waals surface area contributed by atoms with Gasteiger partial charge >= 0.3 is 0 Å². The van der Waals surface area contributed by atoms with Crippen LogP contribution in [0.3, 0.4) is 0 Å². The molecule has 1 atom stereocenters. The number of anilines is 3. The summed E-state index contributed by atoms with van der Waals surface area (Å²) in [4.78, 5) is 17.1. The van der Waals surface area contributed by atoms with Gasteiger partial charge in [0.25, 0.3) is 0 Å². The van der Waals surface area contributed by atoms with Gasteiger partial charge in [-0.15, -0.1) is 0 Å². The molecule has 3 aromatic heterocycles. The summed E-state index contributed by atoms with van der Waals surface area (Å²) < 4.78 is 18.7. The summed E-state index contributed by atoms with van der Waals surface area (Å²) in [7, 11) is 0. The molecule has 0 aromatic carbocycles. The molecule has 3 aromatic rings. The van der Waals surface area contributed by atoms with E-state index < -0.39 is 5.82 Å². The Hall–Kier alpha value is -3.14. The highest BCUT2D eigenvalue weighted by Gasteiger charge is 2.16. The lowest BCUT2D eigenvalue weighted by Gasteiger charge is -2.18. The molecule has 0 aliphatic rings. The summed E-state index contributed by atoms with van der Waals surface area (Å²) in [6.45, 7) is 6.44. The Morgan fingerprint density at radius 2 is 2.00 bits per heavy atom. The second-order valence-electron chi connectivity index (χ2n) is 5.85. The van der Waals surface area contributed by atoms with E-state index in [9.17, 15) is 4.39 Å². The van der Waals surface area contributed by atoms with Gasteiger partial charge in [0.05, 0.1) is 24.5 Å². The Kier molecular flexibility index (Phi) is 5.87. The molecule has 3 N–H and O–H groups in total. The number of nitrogens with zero attached hydrogens (tertiary/aromatic N) is 5. The van der Waals surface area contributed by atoms with Crippen molar-refractivity contribution in [3.05, 3.63) is 47.4 Å². The molecular weight excluding hydrogens is 351 g/mol. The second kappa shape index (κ2) is 8.49. The average molecular weight is 372 g/mol. The lowest BCUT2D eigenvalue weighted by atomic mass is 10.2. The third kappa shape index (κ3) is 5.17. The van der Waals surface area contributed by atoms with Gasteiger partial charge in [-0.1, -0.05) is 0 Å². The summed E-state index contributed by atoms with van der Waals surface area (Å²) >= 11 is 0. The molecule has 0 spiro atoms. The van der Waals surface area contributed by atoms with Gasteiger partial charge in [-0.05, 0) is 32.9 Å². The maximum absolute atomic E-state index is 13.2. The lowest BCUT2D eigenvalue weighted by molar-refractivity contribution is 0.137. The highest BCUT2D eigenvalue weighted by molar-refractivity contribution is 5.49. The lowest BCUT2D eigenvalue weighted by Crippen LogP contribution is -2.20. The fourth-order valence-corrected chi connectivity index (χ4v) is 2.38. The van der Waals surface area contributed by atoms with E-state index in [1.165, 1.54) is 12.3 Å². The van der Waals surface area contributed by atoms with Crippen LogP contribution in [0.25, 0.3) is 0 Å². The first-order chi connectivity index (χ1) is 13.0. The number of aromatic amines is 1. The smallest absolute Gasteiger partial charge is 0.233 e. The van der Waals surface area contributed by atoms with Crippen LogP contribution in [-0.4, -0.2) is 43.3 Å². The Morgan fingerprint density at radius 3 is 2.67 bits per heavy atom. The molecule has 3 rings (SSSR count). The topological polar surface area (TPSA) is 114 Å². The van der Waals surface area contributed by atoms with Crippen LogP contribution in [0.2, 0.25) is 0 Å². The monoisotopic (exact) mass is 372 g/mol. The van der Waals surface area contributed by atoms with Crippen molar-refractivity contribution in [1.82, 2.24) is 30.1 Å². The van der Waals surface area contributed by atoms with Crippen LogP contribution in [0.15, 0.2) is 24.4 Å². The van der Waals surface area contributed by atoms with Crippen molar-refractivity contribution >= 4 is 17.7 Å². The maximum atomic E-state index is 13.2.